The van der Waals surface area contributed by atoms with Gasteiger partial charge in [-0.3, -0.25) is 4.79 Å². The largest absolute Gasteiger partial charge is 0.375 e. The topological polar surface area (TPSA) is 68.0 Å². The maximum absolute atomic E-state index is 12.0. The lowest BCUT2D eigenvalue weighted by atomic mass is 10.1. The number of hydrogen-bond donors (Lipinski definition) is 2. The molecule has 1 aromatic heterocycles. The second kappa shape index (κ2) is 4.86. The van der Waals surface area contributed by atoms with Gasteiger partial charge < -0.3 is 11.1 Å². The first-order chi connectivity index (χ1) is 8.00. The van der Waals surface area contributed by atoms with E-state index < -0.39 is 0 Å². The van der Waals surface area contributed by atoms with Crippen LogP contribution in [-0.2, 0) is 0 Å². The van der Waals surface area contributed by atoms with Crippen molar-refractivity contribution in [2.24, 2.45) is 0 Å². The van der Waals surface area contributed by atoms with Crippen molar-refractivity contribution in [3.8, 4) is 0 Å². The molecule has 1 fully saturated rings. The Morgan fingerprint density at radius 1 is 1.65 bits per heavy atom. The van der Waals surface area contributed by atoms with Crippen LogP contribution >= 0.6 is 23.1 Å². The highest BCUT2D eigenvalue weighted by Gasteiger charge is 2.30. The average Bonchev–Trinajstić information content (AvgIpc) is 2.83. The number of carbonyl (C=O) groups excluding carboxylic acids is 1. The molecule has 1 aliphatic heterocycles. The number of nitrogens with zero attached hydrogens (tertiary/aromatic N) is 1. The molecule has 1 aromatic rings. The summed E-state index contributed by atoms with van der Waals surface area (Å²) in [5, 5.41) is 3.44. The molecule has 1 aliphatic rings. The van der Waals surface area contributed by atoms with E-state index in [2.05, 4.69) is 17.2 Å². The summed E-state index contributed by atoms with van der Waals surface area (Å²) in [5.74, 6) is 1.14. The third-order valence-corrected chi connectivity index (χ3v) is 5.47. The summed E-state index contributed by atoms with van der Waals surface area (Å²) in [6.07, 6.45) is 2.41. The number of hydrogen-bond acceptors (Lipinski definition) is 5. The third-order valence-electron chi connectivity index (χ3n) is 2.94. The molecule has 17 heavy (non-hydrogen) atoms. The van der Waals surface area contributed by atoms with Gasteiger partial charge in [0, 0.05) is 11.3 Å². The van der Waals surface area contributed by atoms with E-state index in [1.54, 1.807) is 0 Å². The van der Waals surface area contributed by atoms with Gasteiger partial charge in [-0.05, 0) is 32.4 Å². The summed E-state index contributed by atoms with van der Waals surface area (Å²) >= 11 is 3.19. The fraction of sp³-hybridized carbons (Fsp3) is 0.636. The Morgan fingerprint density at radius 2 is 2.41 bits per heavy atom. The summed E-state index contributed by atoms with van der Waals surface area (Å²) < 4.78 is 0.194. The van der Waals surface area contributed by atoms with Crippen molar-refractivity contribution in [1.29, 1.82) is 0 Å². The number of nitrogens with two attached hydrogens (primary N) is 1. The van der Waals surface area contributed by atoms with Gasteiger partial charge in [0.1, 0.15) is 4.88 Å². The molecule has 1 saturated heterocycles. The molecule has 3 N–H and O–H groups in total. The van der Waals surface area contributed by atoms with E-state index in [1.807, 2.05) is 18.7 Å². The van der Waals surface area contributed by atoms with E-state index in [-0.39, 0.29) is 10.7 Å². The molecule has 1 amide bonds. The standard InChI is InChI=1S/C11H17N3OS2/c1-7-8(17-10(12)14-7)9(15)13-6-11(2)4-3-5-16-11/h3-6H2,1-2H3,(H2,12,14)(H,13,15). The molecule has 1 unspecified atom stereocenters. The molecule has 0 bridgehead atoms. The van der Waals surface area contributed by atoms with Gasteiger partial charge >= 0.3 is 0 Å². The Hall–Kier alpha value is -0.750. The van der Waals surface area contributed by atoms with Crippen LogP contribution < -0.4 is 11.1 Å². The molecule has 0 spiro atoms. The number of amides is 1. The molecule has 0 saturated carbocycles. The zero-order valence-electron chi connectivity index (χ0n) is 10.1. The molecule has 2 rings (SSSR count). The van der Waals surface area contributed by atoms with Crippen molar-refractivity contribution in [2.75, 3.05) is 18.0 Å². The number of aromatic nitrogens is 1. The Balaban J connectivity index is 1.95. The van der Waals surface area contributed by atoms with Gasteiger partial charge in [0.2, 0.25) is 0 Å². The second-order valence-corrected chi connectivity index (χ2v) is 7.26. The average molecular weight is 271 g/mol. The molecule has 94 valence electrons. The van der Waals surface area contributed by atoms with Gasteiger partial charge in [0.15, 0.2) is 5.13 Å². The van der Waals surface area contributed by atoms with Crippen LogP contribution in [0, 0.1) is 6.92 Å². The van der Waals surface area contributed by atoms with Crippen LogP contribution in [0.4, 0.5) is 5.13 Å². The van der Waals surface area contributed by atoms with E-state index >= 15 is 0 Å². The Kier molecular flexibility index (Phi) is 3.63. The van der Waals surface area contributed by atoms with Crippen LogP contribution in [0.15, 0.2) is 0 Å². The third kappa shape index (κ3) is 2.93. The van der Waals surface area contributed by atoms with Crippen LogP contribution in [0.5, 0.6) is 0 Å². The van der Waals surface area contributed by atoms with Gasteiger partial charge in [-0.1, -0.05) is 11.3 Å². The number of aryl methyl sites for hydroxylation is 1. The smallest absolute Gasteiger partial charge is 0.263 e. The van der Waals surface area contributed by atoms with Gasteiger partial charge in [-0.2, -0.15) is 11.8 Å². The number of rotatable bonds is 3. The minimum Gasteiger partial charge on any atom is -0.375 e. The van der Waals surface area contributed by atoms with Crippen molar-refractivity contribution < 1.29 is 4.79 Å². The van der Waals surface area contributed by atoms with Gasteiger partial charge in [0.25, 0.3) is 5.91 Å². The van der Waals surface area contributed by atoms with Crippen LogP contribution in [0.1, 0.15) is 35.1 Å². The number of nitrogens with one attached hydrogen (secondary N) is 1. The van der Waals surface area contributed by atoms with E-state index in [0.29, 0.717) is 22.2 Å². The number of thioether (sulfide) groups is 1. The van der Waals surface area contributed by atoms with Crippen molar-refractivity contribution in [3.63, 3.8) is 0 Å². The first kappa shape index (κ1) is 12.7. The zero-order chi connectivity index (χ0) is 12.5. The highest BCUT2D eigenvalue weighted by molar-refractivity contribution is 8.00. The Morgan fingerprint density at radius 3 is 2.94 bits per heavy atom. The number of thiazole rings is 1. The molecule has 0 aromatic carbocycles. The Bertz CT molecular complexity index is 424. The van der Waals surface area contributed by atoms with Crippen molar-refractivity contribution in [3.05, 3.63) is 10.6 Å². The van der Waals surface area contributed by atoms with E-state index in [0.717, 1.165) is 0 Å². The number of anilines is 1. The van der Waals surface area contributed by atoms with Crippen molar-refractivity contribution in [1.82, 2.24) is 10.3 Å². The highest BCUT2D eigenvalue weighted by atomic mass is 32.2. The predicted octanol–water partition coefficient (Wildman–Crippen LogP) is 2.05. The second-order valence-electron chi connectivity index (χ2n) is 4.55. The lowest BCUT2D eigenvalue weighted by molar-refractivity contribution is 0.0953. The van der Waals surface area contributed by atoms with Crippen LogP contribution in [-0.4, -0.2) is 27.9 Å². The molecule has 0 aliphatic carbocycles. The van der Waals surface area contributed by atoms with Crippen molar-refractivity contribution in [2.45, 2.75) is 31.4 Å². The lowest BCUT2D eigenvalue weighted by Crippen LogP contribution is -2.36. The van der Waals surface area contributed by atoms with Crippen LogP contribution in [0.2, 0.25) is 0 Å². The minimum atomic E-state index is -0.0505. The molecular formula is C11H17N3OS2. The normalized spacial score (nSPS) is 23.9. The molecular weight excluding hydrogens is 254 g/mol. The first-order valence-corrected chi connectivity index (χ1v) is 7.45. The van der Waals surface area contributed by atoms with Crippen LogP contribution in [0.25, 0.3) is 0 Å². The summed E-state index contributed by atoms with van der Waals surface area (Å²) in [6.45, 7) is 4.74. The SMILES string of the molecule is Cc1nc(N)sc1C(=O)NCC1(C)CCCS1. The monoisotopic (exact) mass is 271 g/mol. The quantitative estimate of drug-likeness (QED) is 0.883. The van der Waals surface area contributed by atoms with E-state index in [9.17, 15) is 4.79 Å². The highest BCUT2D eigenvalue weighted by Crippen LogP contribution is 2.37. The predicted molar refractivity (Wildman–Crippen MR) is 73.7 cm³/mol. The number of carbonyl (C=O) groups is 1. The fourth-order valence-corrected chi connectivity index (χ4v) is 3.95. The first-order valence-electron chi connectivity index (χ1n) is 5.65. The van der Waals surface area contributed by atoms with Gasteiger partial charge in [0.05, 0.1) is 5.69 Å². The fourth-order valence-electron chi connectivity index (χ4n) is 1.95. The van der Waals surface area contributed by atoms with Crippen LogP contribution in [0.3, 0.4) is 0 Å². The summed E-state index contributed by atoms with van der Waals surface area (Å²) in [7, 11) is 0. The van der Waals surface area contributed by atoms with Gasteiger partial charge in [-0.25, -0.2) is 4.98 Å². The summed E-state index contributed by atoms with van der Waals surface area (Å²) in [6, 6.07) is 0. The summed E-state index contributed by atoms with van der Waals surface area (Å²) in [5.41, 5.74) is 6.30. The number of nitrogen functional groups attached to an aromatic ring is 1. The Labute approximate surface area is 109 Å². The van der Waals surface area contributed by atoms with Gasteiger partial charge in [-0.15, -0.1) is 0 Å². The molecule has 2 heterocycles. The lowest BCUT2D eigenvalue weighted by Gasteiger charge is -2.22. The maximum atomic E-state index is 12.0. The van der Waals surface area contributed by atoms with E-state index in [1.165, 1.54) is 29.9 Å². The van der Waals surface area contributed by atoms with E-state index in [4.69, 9.17) is 5.73 Å². The molecule has 4 nitrogen and oxygen atoms in total. The van der Waals surface area contributed by atoms with Crippen molar-refractivity contribution >= 4 is 34.1 Å². The summed E-state index contributed by atoms with van der Waals surface area (Å²) in [4.78, 5) is 16.7. The molecule has 6 heteroatoms. The maximum Gasteiger partial charge on any atom is 0.263 e. The molecule has 0 radical (unpaired) electrons. The minimum absolute atomic E-state index is 0.0505. The molecule has 1 atom stereocenters. The zero-order valence-corrected chi connectivity index (χ0v) is 11.7.